The Morgan fingerprint density at radius 2 is 1.97 bits per heavy atom. The highest BCUT2D eigenvalue weighted by Gasteiger charge is 2.52. The molecule has 2 atom stereocenters. The van der Waals surface area contributed by atoms with Crippen molar-refractivity contribution in [1.29, 1.82) is 0 Å². The van der Waals surface area contributed by atoms with Crippen LogP contribution in [0.25, 0.3) is 0 Å². The number of halogens is 1. The number of rotatable bonds is 12. The summed E-state index contributed by atoms with van der Waals surface area (Å²) in [4.78, 5) is 18.4. The first-order valence-corrected chi connectivity index (χ1v) is 12.4. The molecule has 0 saturated heterocycles. The number of nitrogens with zero attached hydrogens (tertiary/aromatic N) is 1. The molecule has 0 aromatic heterocycles. The van der Waals surface area contributed by atoms with Gasteiger partial charge in [-0.25, -0.2) is 10.4 Å². The smallest absolute Gasteiger partial charge is 0.266 e. The van der Waals surface area contributed by atoms with Gasteiger partial charge in [-0.2, -0.15) is 0 Å². The van der Waals surface area contributed by atoms with E-state index in [0.29, 0.717) is 37.0 Å². The highest BCUT2D eigenvalue weighted by atomic mass is 79.9. The van der Waals surface area contributed by atoms with Gasteiger partial charge in [-0.15, -0.1) is 6.58 Å². The predicted molar refractivity (Wildman–Crippen MR) is 135 cm³/mol. The van der Waals surface area contributed by atoms with Crippen LogP contribution < -0.4 is 15.6 Å². The molecule has 180 valence electrons. The van der Waals surface area contributed by atoms with Crippen molar-refractivity contribution < 1.29 is 19.4 Å². The number of nitrogens with one attached hydrogen (secondary N) is 2. The number of aliphatic hydroxyl groups is 1. The topological polar surface area (TPSA) is 92.2 Å². The molecular formula is C26H30BrN3O4. The number of ether oxygens (including phenoxy) is 2. The molecule has 1 saturated carbocycles. The van der Waals surface area contributed by atoms with Gasteiger partial charge in [0, 0.05) is 36.0 Å². The number of carbonyl (C=O) groups is 1. The van der Waals surface area contributed by atoms with E-state index in [-0.39, 0.29) is 12.5 Å². The second-order valence-corrected chi connectivity index (χ2v) is 9.53. The van der Waals surface area contributed by atoms with Crippen molar-refractivity contribution in [3.8, 4) is 5.75 Å². The van der Waals surface area contributed by atoms with Crippen LogP contribution in [0, 0.1) is 5.92 Å². The van der Waals surface area contributed by atoms with E-state index in [9.17, 15) is 4.79 Å². The molecule has 0 spiro atoms. The Labute approximate surface area is 208 Å². The average Bonchev–Trinajstić information content (AvgIpc) is 3.59. The molecule has 2 aliphatic rings. The van der Waals surface area contributed by atoms with Crippen LogP contribution in [0.15, 0.2) is 70.7 Å². The molecule has 34 heavy (non-hydrogen) atoms. The summed E-state index contributed by atoms with van der Waals surface area (Å²) in [6, 6.07) is 15.1. The van der Waals surface area contributed by atoms with Gasteiger partial charge < -0.3 is 14.6 Å². The number of aliphatic hydroxyl groups excluding tert-OH is 1. The van der Waals surface area contributed by atoms with E-state index >= 15 is 0 Å². The maximum Gasteiger partial charge on any atom is 0.266 e. The molecule has 1 aliphatic carbocycles. The van der Waals surface area contributed by atoms with Crippen LogP contribution in [0.2, 0.25) is 0 Å². The van der Waals surface area contributed by atoms with Gasteiger partial charge >= 0.3 is 0 Å². The number of hydrogen-bond acceptors (Lipinski definition) is 6. The van der Waals surface area contributed by atoms with E-state index in [4.69, 9.17) is 19.6 Å². The Hall–Kier alpha value is -2.68. The van der Waals surface area contributed by atoms with Crippen molar-refractivity contribution in [3.63, 3.8) is 0 Å². The Balaban J connectivity index is 1.62. The number of hydrazine groups is 1. The molecule has 7 nitrogen and oxygen atoms in total. The van der Waals surface area contributed by atoms with Crippen LogP contribution >= 0.6 is 15.9 Å². The summed E-state index contributed by atoms with van der Waals surface area (Å²) in [6.07, 6.45) is 4.36. The molecule has 1 aliphatic heterocycles. The SMILES string of the molecule is C=CC[C@]1(C(=O)NNCC2CC2)N=C(c2ccc(OCCCO)cc2)O[C@H]1c1ccc(Br)cc1. The second-order valence-electron chi connectivity index (χ2n) is 8.61. The average molecular weight is 528 g/mol. The lowest BCUT2D eigenvalue weighted by molar-refractivity contribution is -0.129. The zero-order valence-corrected chi connectivity index (χ0v) is 20.6. The van der Waals surface area contributed by atoms with Gasteiger partial charge in [-0.05, 0) is 60.7 Å². The van der Waals surface area contributed by atoms with Crippen molar-refractivity contribution in [3.05, 3.63) is 76.8 Å². The summed E-state index contributed by atoms with van der Waals surface area (Å²) in [7, 11) is 0. The molecular weight excluding hydrogens is 498 g/mol. The highest BCUT2D eigenvalue weighted by Crippen LogP contribution is 2.43. The Kier molecular flexibility index (Phi) is 8.03. The number of benzene rings is 2. The fourth-order valence-electron chi connectivity index (χ4n) is 3.88. The summed E-state index contributed by atoms with van der Waals surface area (Å²) >= 11 is 3.47. The molecule has 0 bridgehead atoms. The summed E-state index contributed by atoms with van der Waals surface area (Å²) in [6.45, 7) is 5.16. The van der Waals surface area contributed by atoms with Gasteiger partial charge in [0.2, 0.25) is 5.90 Å². The zero-order valence-electron chi connectivity index (χ0n) is 19.0. The third kappa shape index (κ3) is 5.68. The van der Waals surface area contributed by atoms with Crippen LogP contribution in [-0.2, 0) is 9.53 Å². The minimum Gasteiger partial charge on any atom is -0.494 e. The van der Waals surface area contributed by atoms with E-state index in [2.05, 4.69) is 33.4 Å². The van der Waals surface area contributed by atoms with Crippen LogP contribution in [-0.4, -0.2) is 42.2 Å². The molecule has 2 aromatic carbocycles. The zero-order chi connectivity index (χ0) is 24.0. The molecule has 2 aromatic rings. The Morgan fingerprint density at radius 3 is 2.62 bits per heavy atom. The second kappa shape index (κ2) is 11.2. The summed E-state index contributed by atoms with van der Waals surface area (Å²) in [5, 5.41) is 8.93. The van der Waals surface area contributed by atoms with Crippen molar-refractivity contribution in [1.82, 2.24) is 10.9 Å². The lowest BCUT2D eigenvalue weighted by Crippen LogP contribution is -2.52. The van der Waals surface area contributed by atoms with Crippen molar-refractivity contribution in [2.45, 2.75) is 37.3 Å². The van der Waals surface area contributed by atoms with Crippen LogP contribution in [0.1, 0.15) is 42.9 Å². The van der Waals surface area contributed by atoms with Gasteiger partial charge in [0.05, 0.1) is 6.61 Å². The maximum absolute atomic E-state index is 13.5. The summed E-state index contributed by atoms with van der Waals surface area (Å²) in [5.41, 5.74) is 6.35. The van der Waals surface area contributed by atoms with Crippen molar-refractivity contribution in [2.24, 2.45) is 10.9 Å². The third-order valence-corrected chi connectivity index (χ3v) is 6.48. The van der Waals surface area contributed by atoms with Gasteiger partial charge in [0.25, 0.3) is 5.91 Å². The van der Waals surface area contributed by atoms with Crippen LogP contribution in [0.4, 0.5) is 0 Å². The van der Waals surface area contributed by atoms with E-state index in [0.717, 1.165) is 22.1 Å². The van der Waals surface area contributed by atoms with E-state index in [1.54, 1.807) is 6.08 Å². The first kappa shape index (κ1) is 24.4. The van der Waals surface area contributed by atoms with Crippen LogP contribution in [0.5, 0.6) is 5.75 Å². The van der Waals surface area contributed by atoms with Crippen molar-refractivity contribution >= 4 is 27.7 Å². The monoisotopic (exact) mass is 527 g/mol. The third-order valence-electron chi connectivity index (χ3n) is 5.95. The largest absolute Gasteiger partial charge is 0.494 e. The standard InChI is InChI=1S/C26H30BrN3O4/c1-2-14-26(25(32)30-28-17-18-4-5-18)23(19-6-10-21(27)11-7-19)34-24(29-26)20-8-12-22(13-9-20)33-16-3-15-31/h2,6-13,18,23,28,31H,1,3-5,14-17H2,(H,30,32)/t23-,26-/m0/s1. The quantitative estimate of drug-likeness (QED) is 0.220. The highest BCUT2D eigenvalue weighted by molar-refractivity contribution is 9.10. The van der Waals surface area contributed by atoms with Gasteiger partial charge in [0.1, 0.15) is 5.75 Å². The van der Waals surface area contributed by atoms with Gasteiger partial charge in [-0.3, -0.25) is 10.2 Å². The molecule has 1 fully saturated rings. The molecule has 4 rings (SSSR count). The van der Waals surface area contributed by atoms with Crippen molar-refractivity contribution in [2.75, 3.05) is 19.8 Å². The first-order valence-electron chi connectivity index (χ1n) is 11.6. The minimum atomic E-state index is -1.20. The van der Waals surface area contributed by atoms with Crippen LogP contribution in [0.3, 0.4) is 0 Å². The normalized spacial score (nSPS) is 21.5. The molecule has 0 unspecified atom stereocenters. The lowest BCUT2D eigenvalue weighted by Gasteiger charge is -2.29. The number of carbonyl (C=O) groups excluding carboxylic acids is 1. The van der Waals surface area contributed by atoms with E-state index in [1.807, 2.05) is 48.5 Å². The Bertz CT molecular complexity index is 1020. The number of hydrogen-bond donors (Lipinski definition) is 3. The lowest BCUT2D eigenvalue weighted by atomic mass is 9.84. The molecule has 1 heterocycles. The number of amides is 1. The fraction of sp³-hybridized carbons (Fsp3) is 0.385. The minimum absolute atomic E-state index is 0.0864. The first-order chi connectivity index (χ1) is 16.6. The number of aliphatic imine (C=N–C) groups is 1. The van der Waals surface area contributed by atoms with Gasteiger partial charge in [-0.1, -0.05) is 34.1 Å². The molecule has 0 radical (unpaired) electrons. The summed E-state index contributed by atoms with van der Waals surface area (Å²) in [5.74, 6) is 1.46. The molecule has 8 heteroatoms. The predicted octanol–water partition coefficient (Wildman–Crippen LogP) is 4.07. The van der Waals surface area contributed by atoms with E-state index < -0.39 is 11.6 Å². The van der Waals surface area contributed by atoms with Gasteiger partial charge in [0.15, 0.2) is 11.6 Å². The Morgan fingerprint density at radius 1 is 1.24 bits per heavy atom. The summed E-state index contributed by atoms with van der Waals surface area (Å²) < 4.78 is 12.9. The molecule has 1 amide bonds. The maximum atomic E-state index is 13.5. The molecule has 3 N–H and O–H groups in total. The fourth-order valence-corrected chi connectivity index (χ4v) is 4.14. The van der Waals surface area contributed by atoms with E-state index in [1.165, 1.54) is 12.8 Å².